The van der Waals surface area contributed by atoms with Gasteiger partial charge in [-0.05, 0) is 31.1 Å². The summed E-state index contributed by atoms with van der Waals surface area (Å²) in [5, 5.41) is 0. The van der Waals surface area contributed by atoms with Crippen LogP contribution in [0.3, 0.4) is 0 Å². The third kappa shape index (κ3) is 3.21. The van der Waals surface area contributed by atoms with E-state index in [9.17, 15) is 13.2 Å². The first-order valence-electron chi connectivity index (χ1n) is 5.81. The molecular formula is C13H15NO4S. The van der Waals surface area contributed by atoms with Gasteiger partial charge in [0.15, 0.2) is 0 Å². The number of sulfonamides is 1. The Balaban J connectivity index is 2.19. The highest BCUT2D eigenvalue weighted by Gasteiger charge is 2.30. The van der Waals surface area contributed by atoms with Crippen LogP contribution in [0.4, 0.5) is 0 Å². The van der Waals surface area contributed by atoms with Crippen molar-refractivity contribution in [2.75, 3.05) is 6.61 Å². The first-order valence-corrected chi connectivity index (χ1v) is 7.29. The third-order valence-corrected chi connectivity index (χ3v) is 4.31. The molecule has 0 bridgehead atoms. The number of hydrogen-bond donors (Lipinski definition) is 1. The zero-order chi connectivity index (χ0) is 14.0. The van der Waals surface area contributed by atoms with Crippen LogP contribution < -0.4 is 4.72 Å². The van der Waals surface area contributed by atoms with Crippen LogP contribution in [-0.4, -0.2) is 27.0 Å². The minimum atomic E-state index is -3.72. The normalized spacial score (nSPS) is 20.2. The Kier molecular flexibility index (Phi) is 3.73. The van der Waals surface area contributed by atoms with Crippen LogP contribution >= 0.6 is 0 Å². The molecule has 0 spiro atoms. The Morgan fingerprint density at radius 2 is 1.95 bits per heavy atom. The average molecular weight is 281 g/mol. The summed E-state index contributed by atoms with van der Waals surface area (Å²) in [6.07, 6.45) is 0.268. The first kappa shape index (κ1) is 13.8. The Hall–Kier alpha value is -1.66. The minimum Gasteiger partial charge on any atom is -0.460 e. The van der Waals surface area contributed by atoms with Crippen molar-refractivity contribution in [1.29, 1.82) is 0 Å². The van der Waals surface area contributed by atoms with Gasteiger partial charge in [0.2, 0.25) is 10.0 Å². The van der Waals surface area contributed by atoms with E-state index >= 15 is 0 Å². The van der Waals surface area contributed by atoms with E-state index in [1.165, 1.54) is 12.1 Å². The standard InChI is InChI=1S/C13H15NO4S/c1-9-3-5-11(6-4-9)19(16,17)14-12-7-10(2)8-18-13(12)15/h3-6,12,14H,2,7-8H2,1H3/t12-/m1/s1. The molecular weight excluding hydrogens is 266 g/mol. The Morgan fingerprint density at radius 3 is 2.58 bits per heavy atom. The van der Waals surface area contributed by atoms with Crippen LogP contribution in [0.15, 0.2) is 41.3 Å². The van der Waals surface area contributed by atoms with Gasteiger partial charge in [-0.3, -0.25) is 4.79 Å². The van der Waals surface area contributed by atoms with Gasteiger partial charge in [0, 0.05) is 0 Å². The van der Waals surface area contributed by atoms with Gasteiger partial charge in [0.25, 0.3) is 0 Å². The molecule has 1 aromatic rings. The van der Waals surface area contributed by atoms with Gasteiger partial charge in [-0.25, -0.2) is 8.42 Å². The molecule has 6 heteroatoms. The topological polar surface area (TPSA) is 72.5 Å². The summed E-state index contributed by atoms with van der Waals surface area (Å²) in [5.41, 5.74) is 1.65. The number of benzene rings is 1. The number of carbonyl (C=O) groups excluding carboxylic acids is 1. The summed E-state index contributed by atoms with van der Waals surface area (Å²) in [6.45, 7) is 5.72. The number of esters is 1. The van der Waals surface area contributed by atoms with Gasteiger partial charge in [-0.15, -0.1) is 0 Å². The number of nitrogens with one attached hydrogen (secondary N) is 1. The average Bonchev–Trinajstić information content (AvgIpc) is 2.34. The molecule has 1 heterocycles. The van der Waals surface area contributed by atoms with Crippen LogP contribution in [0.1, 0.15) is 12.0 Å². The molecule has 0 unspecified atom stereocenters. The van der Waals surface area contributed by atoms with Crippen molar-refractivity contribution in [3.05, 3.63) is 42.0 Å². The van der Waals surface area contributed by atoms with E-state index < -0.39 is 22.0 Å². The van der Waals surface area contributed by atoms with Crippen LogP contribution in [0, 0.1) is 6.92 Å². The molecule has 2 rings (SSSR count). The lowest BCUT2D eigenvalue weighted by atomic mass is 10.1. The second kappa shape index (κ2) is 5.14. The highest BCUT2D eigenvalue weighted by molar-refractivity contribution is 7.89. The van der Waals surface area contributed by atoms with Crippen LogP contribution in [-0.2, 0) is 19.6 Å². The van der Waals surface area contributed by atoms with Crippen molar-refractivity contribution >= 4 is 16.0 Å². The SMILES string of the molecule is C=C1COC(=O)[C@H](NS(=O)(=O)c2ccc(C)cc2)C1. The monoisotopic (exact) mass is 281 g/mol. The molecule has 1 aliphatic rings. The Morgan fingerprint density at radius 1 is 1.32 bits per heavy atom. The Labute approximate surface area is 112 Å². The van der Waals surface area contributed by atoms with Crippen molar-refractivity contribution in [3.8, 4) is 0 Å². The number of ether oxygens (including phenoxy) is 1. The van der Waals surface area contributed by atoms with E-state index in [2.05, 4.69) is 11.3 Å². The third-order valence-electron chi connectivity index (χ3n) is 2.82. The zero-order valence-electron chi connectivity index (χ0n) is 10.5. The fourth-order valence-corrected chi connectivity index (χ4v) is 2.95. The van der Waals surface area contributed by atoms with Crippen LogP contribution in [0.2, 0.25) is 0 Å². The second-order valence-corrected chi connectivity index (χ2v) is 6.26. The van der Waals surface area contributed by atoms with Crippen molar-refractivity contribution in [1.82, 2.24) is 4.72 Å². The number of aryl methyl sites for hydroxylation is 1. The number of hydrogen-bond acceptors (Lipinski definition) is 4. The summed E-state index contributed by atoms with van der Waals surface area (Å²) in [7, 11) is -3.72. The number of cyclic esters (lactones) is 1. The van der Waals surface area contributed by atoms with E-state index in [1.54, 1.807) is 12.1 Å². The molecule has 102 valence electrons. The molecule has 0 amide bonds. The van der Waals surface area contributed by atoms with E-state index in [4.69, 9.17) is 4.74 Å². The molecule has 1 aromatic carbocycles. The maximum absolute atomic E-state index is 12.1. The van der Waals surface area contributed by atoms with Gasteiger partial charge in [-0.1, -0.05) is 24.3 Å². The highest BCUT2D eigenvalue weighted by Crippen LogP contribution is 2.16. The van der Waals surface area contributed by atoms with Gasteiger partial charge in [0.05, 0.1) is 4.90 Å². The van der Waals surface area contributed by atoms with E-state index in [0.29, 0.717) is 5.57 Å². The van der Waals surface area contributed by atoms with Crippen molar-refractivity contribution in [2.45, 2.75) is 24.3 Å². The summed E-state index contributed by atoms with van der Waals surface area (Å²) >= 11 is 0. The molecule has 19 heavy (non-hydrogen) atoms. The lowest BCUT2D eigenvalue weighted by Crippen LogP contribution is -2.44. The molecule has 0 aliphatic carbocycles. The van der Waals surface area contributed by atoms with E-state index in [-0.39, 0.29) is 17.9 Å². The molecule has 0 saturated carbocycles. The van der Waals surface area contributed by atoms with Gasteiger partial charge >= 0.3 is 5.97 Å². The highest BCUT2D eigenvalue weighted by atomic mass is 32.2. The van der Waals surface area contributed by atoms with Gasteiger partial charge < -0.3 is 4.74 Å². The zero-order valence-corrected chi connectivity index (χ0v) is 11.4. The van der Waals surface area contributed by atoms with Crippen molar-refractivity contribution in [3.63, 3.8) is 0 Å². The van der Waals surface area contributed by atoms with Crippen LogP contribution in [0.5, 0.6) is 0 Å². The van der Waals surface area contributed by atoms with Gasteiger partial charge in [0.1, 0.15) is 12.6 Å². The molecule has 1 fully saturated rings. The van der Waals surface area contributed by atoms with Crippen molar-refractivity contribution in [2.24, 2.45) is 0 Å². The molecule has 1 aliphatic heterocycles. The Bertz CT molecular complexity index is 604. The molecule has 0 aromatic heterocycles. The second-order valence-electron chi connectivity index (χ2n) is 4.55. The summed E-state index contributed by atoms with van der Waals surface area (Å²) in [6, 6.07) is 5.51. The van der Waals surface area contributed by atoms with E-state index in [1.807, 2.05) is 6.92 Å². The fourth-order valence-electron chi connectivity index (χ4n) is 1.77. The maximum Gasteiger partial charge on any atom is 0.324 e. The predicted octanol–water partition coefficient (Wildman–Crippen LogP) is 1.15. The van der Waals surface area contributed by atoms with E-state index in [0.717, 1.165) is 5.56 Å². The van der Waals surface area contributed by atoms with Crippen molar-refractivity contribution < 1.29 is 17.9 Å². The molecule has 1 atom stereocenters. The smallest absolute Gasteiger partial charge is 0.324 e. The fraction of sp³-hybridized carbons (Fsp3) is 0.308. The summed E-state index contributed by atoms with van der Waals surface area (Å²) in [5.74, 6) is -0.567. The molecule has 0 radical (unpaired) electrons. The summed E-state index contributed by atoms with van der Waals surface area (Å²) < 4.78 is 31.4. The quantitative estimate of drug-likeness (QED) is 0.666. The molecule has 1 saturated heterocycles. The lowest BCUT2D eigenvalue weighted by molar-refractivity contribution is -0.146. The van der Waals surface area contributed by atoms with Gasteiger partial charge in [-0.2, -0.15) is 4.72 Å². The number of rotatable bonds is 3. The predicted molar refractivity (Wildman–Crippen MR) is 70.0 cm³/mol. The molecule has 1 N–H and O–H groups in total. The molecule has 5 nitrogen and oxygen atoms in total. The maximum atomic E-state index is 12.1. The number of carbonyl (C=O) groups is 1. The lowest BCUT2D eigenvalue weighted by Gasteiger charge is -2.23. The minimum absolute atomic E-state index is 0.127. The van der Waals surface area contributed by atoms with Crippen LogP contribution in [0.25, 0.3) is 0 Å². The largest absolute Gasteiger partial charge is 0.460 e. The summed E-state index contributed by atoms with van der Waals surface area (Å²) in [4.78, 5) is 11.6. The first-order chi connectivity index (χ1) is 8.88.